The SMILES string of the molecule is CNC(C)c1ccn(CCC(C)(C)C#N)c1. The van der Waals surface area contributed by atoms with Crippen molar-refractivity contribution in [3.63, 3.8) is 0 Å². The molecule has 1 rings (SSSR count). The van der Waals surface area contributed by atoms with Crippen molar-refractivity contribution in [2.75, 3.05) is 7.05 Å². The molecule has 1 heterocycles. The van der Waals surface area contributed by atoms with Gasteiger partial charge in [-0.2, -0.15) is 5.26 Å². The lowest BCUT2D eigenvalue weighted by molar-refractivity contribution is 0.413. The molecule has 0 amide bonds. The predicted molar refractivity (Wildman–Crippen MR) is 65.9 cm³/mol. The first-order valence-electron chi connectivity index (χ1n) is 5.73. The van der Waals surface area contributed by atoms with Gasteiger partial charge in [0.1, 0.15) is 0 Å². The van der Waals surface area contributed by atoms with Gasteiger partial charge >= 0.3 is 0 Å². The lowest BCUT2D eigenvalue weighted by Crippen LogP contribution is -2.13. The zero-order valence-corrected chi connectivity index (χ0v) is 10.6. The topological polar surface area (TPSA) is 40.8 Å². The molecule has 3 heteroatoms. The first-order valence-corrected chi connectivity index (χ1v) is 5.73. The molecule has 1 atom stereocenters. The molecule has 0 aromatic carbocycles. The Morgan fingerprint density at radius 2 is 2.25 bits per heavy atom. The Morgan fingerprint density at radius 1 is 1.56 bits per heavy atom. The largest absolute Gasteiger partial charge is 0.354 e. The molecule has 0 aliphatic heterocycles. The highest BCUT2D eigenvalue weighted by Crippen LogP contribution is 2.20. The molecule has 1 unspecified atom stereocenters. The number of hydrogen-bond acceptors (Lipinski definition) is 2. The van der Waals surface area contributed by atoms with Gasteiger partial charge < -0.3 is 9.88 Å². The van der Waals surface area contributed by atoms with Crippen molar-refractivity contribution >= 4 is 0 Å². The van der Waals surface area contributed by atoms with Gasteiger partial charge in [-0.15, -0.1) is 0 Å². The average molecular weight is 219 g/mol. The number of aryl methyl sites for hydroxylation is 1. The lowest BCUT2D eigenvalue weighted by atomic mass is 9.91. The number of aromatic nitrogens is 1. The zero-order valence-electron chi connectivity index (χ0n) is 10.6. The van der Waals surface area contributed by atoms with E-state index >= 15 is 0 Å². The average Bonchev–Trinajstić information content (AvgIpc) is 2.74. The van der Waals surface area contributed by atoms with Crippen LogP contribution in [0.1, 0.15) is 38.8 Å². The van der Waals surface area contributed by atoms with E-state index in [4.69, 9.17) is 5.26 Å². The van der Waals surface area contributed by atoms with Crippen LogP contribution in [0.2, 0.25) is 0 Å². The van der Waals surface area contributed by atoms with Gasteiger partial charge in [-0.05, 0) is 45.9 Å². The highest BCUT2D eigenvalue weighted by Gasteiger charge is 2.16. The predicted octanol–water partition coefficient (Wildman–Crippen LogP) is 2.71. The number of nitrogens with zero attached hydrogens (tertiary/aromatic N) is 2. The Kier molecular flexibility index (Phi) is 4.14. The van der Waals surface area contributed by atoms with Crippen LogP contribution in [0, 0.1) is 16.7 Å². The van der Waals surface area contributed by atoms with Crippen molar-refractivity contribution in [2.24, 2.45) is 5.41 Å². The number of nitrogens with one attached hydrogen (secondary N) is 1. The van der Waals surface area contributed by atoms with Gasteiger partial charge in [-0.3, -0.25) is 0 Å². The van der Waals surface area contributed by atoms with E-state index < -0.39 is 0 Å². The fourth-order valence-corrected chi connectivity index (χ4v) is 1.49. The van der Waals surface area contributed by atoms with Gasteiger partial charge in [0, 0.05) is 25.0 Å². The van der Waals surface area contributed by atoms with Crippen LogP contribution in [0.25, 0.3) is 0 Å². The molecule has 0 saturated carbocycles. The van der Waals surface area contributed by atoms with E-state index in [2.05, 4.69) is 41.3 Å². The minimum atomic E-state index is -0.237. The molecule has 1 aromatic heterocycles. The highest BCUT2D eigenvalue weighted by atomic mass is 14.9. The summed E-state index contributed by atoms with van der Waals surface area (Å²) in [4.78, 5) is 0. The van der Waals surface area contributed by atoms with E-state index in [1.165, 1.54) is 5.56 Å². The van der Waals surface area contributed by atoms with Crippen LogP contribution >= 0.6 is 0 Å². The van der Waals surface area contributed by atoms with Crippen LogP contribution in [-0.2, 0) is 6.54 Å². The minimum absolute atomic E-state index is 0.237. The summed E-state index contributed by atoms with van der Waals surface area (Å²) in [5, 5.41) is 12.1. The summed E-state index contributed by atoms with van der Waals surface area (Å²) in [7, 11) is 1.96. The Morgan fingerprint density at radius 3 is 2.81 bits per heavy atom. The van der Waals surface area contributed by atoms with Gasteiger partial charge in [0.25, 0.3) is 0 Å². The van der Waals surface area contributed by atoms with E-state index in [1.807, 2.05) is 20.9 Å². The van der Waals surface area contributed by atoms with E-state index in [0.717, 1.165) is 13.0 Å². The molecule has 16 heavy (non-hydrogen) atoms. The van der Waals surface area contributed by atoms with Crippen molar-refractivity contribution in [1.29, 1.82) is 5.26 Å². The van der Waals surface area contributed by atoms with Crippen LogP contribution in [-0.4, -0.2) is 11.6 Å². The summed E-state index contributed by atoms with van der Waals surface area (Å²) in [6.45, 7) is 7.00. The second-order valence-corrected chi connectivity index (χ2v) is 4.94. The third-order valence-electron chi connectivity index (χ3n) is 3.00. The summed E-state index contributed by atoms with van der Waals surface area (Å²) in [5.41, 5.74) is 1.05. The van der Waals surface area contributed by atoms with Crippen LogP contribution in [0.5, 0.6) is 0 Å². The summed E-state index contributed by atoms with van der Waals surface area (Å²) < 4.78 is 2.16. The smallest absolute Gasteiger partial charge is 0.0684 e. The van der Waals surface area contributed by atoms with Crippen LogP contribution in [0.4, 0.5) is 0 Å². The van der Waals surface area contributed by atoms with Gasteiger partial charge in [0.05, 0.1) is 11.5 Å². The molecule has 1 N–H and O–H groups in total. The first kappa shape index (κ1) is 12.8. The molecule has 0 radical (unpaired) electrons. The third-order valence-corrected chi connectivity index (χ3v) is 3.00. The molecule has 0 saturated heterocycles. The van der Waals surface area contributed by atoms with Crippen LogP contribution < -0.4 is 5.32 Å². The van der Waals surface area contributed by atoms with E-state index in [-0.39, 0.29) is 5.41 Å². The second kappa shape index (κ2) is 5.18. The maximum atomic E-state index is 8.93. The van der Waals surface area contributed by atoms with Crippen LogP contribution in [0.15, 0.2) is 18.5 Å². The summed E-state index contributed by atoms with van der Waals surface area (Å²) >= 11 is 0. The maximum Gasteiger partial charge on any atom is 0.0684 e. The fraction of sp³-hybridized carbons (Fsp3) is 0.615. The molecule has 1 aromatic rings. The summed E-state index contributed by atoms with van der Waals surface area (Å²) in [6.07, 6.45) is 5.11. The Bertz CT molecular complexity index is 371. The molecule has 0 spiro atoms. The highest BCUT2D eigenvalue weighted by molar-refractivity contribution is 5.14. The lowest BCUT2D eigenvalue weighted by Gasteiger charge is -2.15. The van der Waals surface area contributed by atoms with Gasteiger partial charge in [0.2, 0.25) is 0 Å². The van der Waals surface area contributed by atoms with Crippen molar-refractivity contribution in [3.8, 4) is 6.07 Å². The van der Waals surface area contributed by atoms with Crippen molar-refractivity contribution in [2.45, 2.75) is 39.8 Å². The first-order chi connectivity index (χ1) is 7.48. The Hall–Kier alpha value is -1.27. The molecule has 0 aliphatic carbocycles. The van der Waals surface area contributed by atoms with Crippen molar-refractivity contribution in [1.82, 2.24) is 9.88 Å². The molecule has 3 nitrogen and oxygen atoms in total. The number of nitriles is 1. The van der Waals surface area contributed by atoms with E-state index in [0.29, 0.717) is 6.04 Å². The number of rotatable bonds is 5. The molecular formula is C13H21N3. The van der Waals surface area contributed by atoms with Crippen molar-refractivity contribution < 1.29 is 0 Å². The van der Waals surface area contributed by atoms with Crippen molar-refractivity contribution in [3.05, 3.63) is 24.0 Å². The third kappa shape index (κ3) is 3.39. The second-order valence-electron chi connectivity index (χ2n) is 4.94. The van der Waals surface area contributed by atoms with Gasteiger partial charge in [-0.25, -0.2) is 0 Å². The molecule has 88 valence electrons. The molecule has 0 bridgehead atoms. The van der Waals surface area contributed by atoms with E-state index in [9.17, 15) is 0 Å². The summed E-state index contributed by atoms with van der Waals surface area (Å²) in [5.74, 6) is 0. The minimum Gasteiger partial charge on any atom is -0.354 e. The zero-order chi connectivity index (χ0) is 12.2. The Labute approximate surface area is 98.1 Å². The molecular weight excluding hydrogens is 198 g/mol. The van der Waals surface area contributed by atoms with E-state index in [1.54, 1.807) is 0 Å². The Balaban J connectivity index is 2.57. The standard InChI is InChI=1S/C13H21N3/c1-11(15-4)12-5-7-16(9-12)8-6-13(2,3)10-14/h5,7,9,11,15H,6,8H2,1-4H3. The van der Waals surface area contributed by atoms with Crippen LogP contribution in [0.3, 0.4) is 0 Å². The van der Waals surface area contributed by atoms with Gasteiger partial charge in [-0.1, -0.05) is 0 Å². The molecule has 0 aliphatic rings. The maximum absolute atomic E-state index is 8.93. The monoisotopic (exact) mass is 219 g/mol. The number of hydrogen-bond donors (Lipinski definition) is 1. The van der Waals surface area contributed by atoms with Gasteiger partial charge in [0.15, 0.2) is 0 Å². The fourth-order valence-electron chi connectivity index (χ4n) is 1.49. The summed E-state index contributed by atoms with van der Waals surface area (Å²) in [6, 6.07) is 4.83. The molecule has 0 fully saturated rings. The quantitative estimate of drug-likeness (QED) is 0.827. The normalized spacial score (nSPS) is 13.4.